The van der Waals surface area contributed by atoms with Crippen LogP contribution in [0.5, 0.6) is 0 Å². The van der Waals surface area contributed by atoms with E-state index in [0.717, 1.165) is 44.0 Å². The Kier molecular flexibility index (Phi) is 10.2. The first-order chi connectivity index (χ1) is 14.8. The van der Waals surface area contributed by atoms with Gasteiger partial charge in [-0.05, 0) is 56.7 Å². The van der Waals surface area contributed by atoms with Crippen LogP contribution in [0.1, 0.15) is 70.3 Å². The molecule has 174 valence electrons. The first kappa shape index (κ1) is 24.6. The number of aliphatic imine (C=N–C) groups is 1. The summed E-state index contributed by atoms with van der Waals surface area (Å²) in [5.74, 6) is 2.06. The summed E-state index contributed by atoms with van der Waals surface area (Å²) in [6, 6.07) is 5.67. The van der Waals surface area contributed by atoms with Gasteiger partial charge in [-0.2, -0.15) is 0 Å². The molecule has 2 aliphatic heterocycles. The molecular formula is C24H41IN6. The van der Waals surface area contributed by atoms with Gasteiger partial charge in [0.2, 0.25) is 0 Å². The van der Waals surface area contributed by atoms with Gasteiger partial charge in [0, 0.05) is 51.0 Å². The van der Waals surface area contributed by atoms with Crippen LogP contribution in [0.4, 0.5) is 5.82 Å². The van der Waals surface area contributed by atoms with Gasteiger partial charge < -0.3 is 15.5 Å². The van der Waals surface area contributed by atoms with Crippen LogP contribution in [0.2, 0.25) is 0 Å². The highest BCUT2D eigenvalue weighted by Gasteiger charge is 2.30. The molecule has 1 unspecified atom stereocenters. The molecule has 1 aromatic heterocycles. The minimum absolute atomic E-state index is 0. The van der Waals surface area contributed by atoms with E-state index in [0.29, 0.717) is 12.6 Å². The quantitative estimate of drug-likeness (QED) is 0.323. The highest BCUT2D eigenvalue weighted by Crippen LogP contribution is 2.26. The summed E-state index contributed by atoms with van der Waals surface area (Å²) in [4.78, 5) is 14.7. The number of likely N-dealkylation sites (tertiary alicyclic amines) is 1. The van der Waals surface area contributed by atoms with Gasteiger partial charge in [0.25, 0.3) is 0 Å². The Hall–Kier alpha value is -1.09. The van der Waals surface area contributed by atoms with Crippen molar-refractivity contribution in [2.75, 3.05) is 37.6 Å². The molecule has 3 heterocycles. The highest BCUT2D eigenvalue weighted by atomic mass is 127. The summed E-state index contributed by atoms with van der Waals surface area (Å²) in [6.07, 6.45) is 14.0. The zero-order valence-electron chi connectivity index (χ0n) is 19.2. The van der Waals surface area contributed by atoms with E-state index >= 15 is 0 Å². The van der Waals surface area contributed by atoms with E-state index in [2.05, 4.69) is 44.5 Å². The number of anilines is 1. The Balaban J connectivity index is 0.00000272. The van der Waals surface area contributed by atoms with Gasteiger partial charge in [0.1, 0.15) is 5.82 Å². The summed E-state index contributed by atoms with van der Waals surface area (Å²) in [6.45, 7) is 8.36. The third-order valence-corrected chi connectivity index (χ3v) is 6.91. The highest BCUT2D eigenvalue weighted by molar-refractivity contribution is 14.0. The van der Waals surface area contributed by atoms with Crippen LogP contribution in [0.3, 0.4) is 0 Å². The van der Waals surface area contributed by atoms with Crippen LogP contribution in [-0.2, 0) is 6.54 Å². The lowest BCUT2D eigenvalue weighted by molar-refractivity contribution is 0.242. The van der Waals surface area contributed by atoms with E-state index in [-0.39, 0.29) is 24.0 Å². The number of aromatic nitrogens is 1. The second-order valence-electron chi connectivity index (χ2n) is 9.18. The summed E-state index contributed by atoms with van der Waals surface area (Å²) < 4.78 is 0. The fourth-order valence-electron chi connectivity index (χ4n) is 5.22. The number of halogens is 1. The Morgan fingerprint density at radius 1 is 1.06 bits per heavy atom. The topological polar surface area (TPSA) is 55.8 Å². The van der Waals surface area contributed by atoms with Gasteiger partial charge in [-0.1, -0.05) is 25.7 Å². The number of rotatable bonds is 6. The molecule has 4 rings (SSSR count). The first-order valence-corrected chi connectivity index (χ1v) is 12.3. The van der Waals surface area contributed by atoms with Crippen molar-refractivity contribution < 1.29 is 0 Å². The van der Waals surface area contributed by atoms with Gasteiger partial charge in [-0.15, -0.1) is 24.0 Å². The molecule has 2 N–H and O–H groups in total. The standard InChI is InChI=1S/C24H40N6.HI/c1-2-25-24(28-21-12-16-30(19-21)22-9-5-6-10-22)27-18-20-11-13-26-23(17-20)29-14-7-3-4-8-15-29;/h11,13,17,21-22H,2-10,12,14-16,18-19H2,1H3,(H2,25,27,28);1H. The van der Waals surface area contributed by atoms with Gasteiger partial charge in [-0.3, -0.25) is 4.90 Å². The molecule has 1 saturated carbocycles. The second kappa shape index (κ2) is 12.8. The van der Waals surface area contributed by atoms with Gasteiger partial charge in [-0.25, -0.2) is 9.98 Å². The maximum absolute atomic E-state index is 4.90. The Labute approximate surface area is 205 Å². The van der Waals surface area contributed by atoms with Crippen LogP contribution in [0, 0.1) is 0 Å². The number of pyridine rings is 1. The molecule has 2 saturated heterocycles. The molecular weight excluding hydrogens is 499 g/mol. The van der Waals surface area contributed by atoms with Crippen LogP contribution in [-0.4, -0.2) is 60.7 Å². The molecule has 0 amide bonds. The summed E-state index contributed by atoms with van der Waals surface area (Å²) >= 11 is 0. The fraction of sp³-hybridized carbons (Fsp3) is 0.750. The molecule has 1 aliphatic carbocycles. The molecule has 0 bridgehead atoms. The monoisotopic (exact) mass is 540 g/mol. The van der Waals surface area contributed by atoms with Crippen molar-refractivity contribution in [2.45, 2.75) is 83.3 Å². The maximum atomic E-state index is 4.90. The predicted octanol–water partition coefficient (Wildman–Crippen LogP) is 4.15. The zero-order valence-corrected chi connectivity index (χ0v) is 21.5. The Morgan fingerprint density at radius 3 is 2.58 bits per heavy atom. The number of guanidine groups is 1. The number of nitrogens with one attached hydrogen (secondary N) is 2. The third kappa shape index (κ3) is 7.20. The second-order valence-corrected chi connectivity index (χ2v) is 9.18. The van der Waals surface area contributed by atoms with E-state index in [9.17, 15) is 0 Å². The van der Waals surface area contributed by atoms with E-state index in [1.54, 1.807) is 0 Å². The predicted molar refractivity (Wildman–Crippen MR) is 141 cm³/mol. The zero-order chi connectivity index (χ0) is 20.6. The van der Waals surface area contributed by atoms with Crippen molar-refractivity contribution in [3.8, 4) is 0 Å². The molecule has 3 fully saturated rings. The van der Waals surface area contributed by atoms with E-state index in [4.69, 9.17) is 4.99 Å². The number of hydrogen-bond acceptors (Lipinski definition) is 4. The fourth-order valence-corrected chi connectivity index (χ4v) is 5.22. The third-order valence-electron chi connectivity index (χ3n) is 6.91. The molecule has 0 radical (unpaired) electrons. The summed E-state index contributed by atoms with van der Waals surface area (Å²) in [7, 11) is 0. The molecule has 0 aromatic carbocycles. The average molecular weight is 541 g/mol. The average Bonchev–Trinajstić information content (AvgIpc) is 3.39. The summed E-state index contributed by atoms with van der Waals surface area (Å²) in [5, 5.41) is 7.14. The minimum Gasteiger partial charge on any atom is -0.357 e. The van der Waals surface area contributed by atoms with Crippen molar-refractivity contribution in [2.24, 2.45) is 4.99 Å². The number of hydrogen-bond donors (Lipinski definition) is 2. The normalized spacial score (nSPS) is 23.5. The van der Waals surface area contributed by atoms with E-state index < -0.39 is 0 Å². The Morgan fingerprint density at radius 2 is 1.84 bits per heavy atom. The molecule has 6 nitrogen and oxygen atoms in total. The lowest BCUT2D eigenvalue weighted by atomic mass is 10.2. The summed E-state index contributed by atoms with van der Waals surface area (Å²) in [5.41, 5.74) is 1.24. The first-order valence-electron chi connectivity index (χ1n) is 12.3. The van der Waals surface area contributed by atoms with Crippen LogP contribution >= 0.6 is 24.0 Å². The molecule has 1 atom stereocenters. The van der Waals surface area contributed by atoms with Gasteiger partial charge >= 0.3 is 0 Å². The van der Waals surface area contributed by atoms with E-state index in [1.807, 2.05) is 6.20 Å². The largest absolute Gasteiger partial charge is 0.357 e. The lowest BCUT2D eigenvalue weighted by Crippen LogP contribution is -2.45. The van der Waals surface area contributed by atoms with Crippen molar-refractivity contribution in [1.82, 2.24) is 20.5 Å². The van der Waals surface area contributed by atoms with E-state index in [1.165, 1.54) is 69.9 Å². The number of nitrogens with zero attached hydrogens (tertiary/aromatic N) is 4. The molecule has 3 aliphatic rings. The van der Waals surface area contributed by atoms with Crippen molar-refractivity contribution in [3.05, 3.63) is 23.9 Å². The van der Waals surface area contributed by atoms with Crippen LogP contribution < -0.4 is 15.5 Å². The van der Waals surface area contributed by atoms with Gasteiger partial charge in [0.05, 0.1) is 6.54 Å². The van der Waals surface area contributed by atoms with Crippen LogP contribution in [0.25, 0.3) is 0 Å². The molecule has 0 spiro atoms. The Bertz CT molecular complexity index is 682. The smallest absolute Gasteiger partial charge is 0.191 e. The van der Waals surface area contributed by atoms with Gasteiger partial charge in [0.15, 0.2) is 5.96 Å². The van der Waals surface area contributed by atoms with Crippen molar-refractivity contribution in [1.29, 1.82) is 0 Å². The van der Waals surface area contributed by atoms with Crippen molar-refractivity contribution in [3.63, 3.8) is 0 Å². The minimum atomic E-state index is 0. The lowest BCUT2D eigenvalue weighted by Gasteiger charge is -2.24. The SMILES string of the molecule is CCNC(=NCc1ccnc(N2CCCCCC2)c1)NC1CCN(C2CCCC2)C1.I. The van der Waals surface area contributed by atoms with Crippen LogP contribution in [0.15, 0.2) is 23.3 Å². The van der Waals surface area contributed by atoms with Crippen molar-refractivity contribution >= 4 is 35.8 Å². The molecule has 31 heavy (non-hydrogen) atoms. The maximum Gasteiger partial charge on any atom is 0.191 e. The molecule has 1 aromatic rings. The molecule has 7 heteroatoms.